The van der Waals surface area contributed by atoms with Gasteiger partial charge in [0.05, 0.1) is 19.1 Å². The minimum Gasteiger partial charge on any atom is -0.497 e. The van der Waals surface area contributed by atoms with Gasteiger partial charge < -0.3 is 15.0 Å². The lowest BCUT2D eigenvalue weighted by molar-refractivity contribution is -0.121. The number of rotatable bonds is 1. The summed E-state index contributed by atoms with van der Waals surface area (Å²) in [6.45, 7) is 1.04. The molecule has 0 radical (unpaired) electrons. The number of benzene rings is 1. The second kappa shape index (κ2) is 3.97. The van der Waals surface area contributed by atoms with Crippen molar-refractivity contribution in [3.05, 3.63) is 23.8 Å². The Bertz CT molecular complexity index is 543. The zero-order valence-corrected chi connectivity index (χ0v) is 11.1. The van der Waals surface area contributed by atoms with Crippen LogP contribution in [0, 0.1) is 5.92 Å². The zero-order valence-electron chi connectivity index (χ0n) is 11.1. The number of hydrogen-bond donors (Lipinski definition) is 1. The van der Waals surface area contributed by atoms with Crippen LogP contribution in [0.4, 0.5) is 5.69 Å². The van der Waals surface area contributed by atoms with Gasteiger partial charge in [0.2, 0.25) is 5.91 Å². The number of nitrogens with zero attached hydrogens (tertiary/aromatic N) is 1. The highest BCUT2D eigenvalue weighted by Crippen LogP contribution is 2.43. The molecule has 3 heterocycles. The van der Waals surface area contributed by atoms with Crippen LogP contribution in [0.2, 0.25) is 0 Å². The van der Waals surface area contributed by atoms with Crippen molar-refractivity contribution < 1.29 is 9.53 Å². The van der Waals surface area contributed by atoms with Crippen LogP contribution in [0.25, 0.3) is 0 Å². The molecule has 1 aromatic rings. The molecule has 4 rings (SSSR count). The molecule has 4 nitrogen and oxygen atoms in total. The summed E-state index contributed by atoms with van der Waals surface area (Å²) < 4.78 is 5.28. The molecule has 3 atom stereocenters. The maximum atomic E-state index is 12.6. The van der Waals surface area contributed by atoms with Gasteiger partial charge in [-0.2, -0.15) is 0 Å². The number of carbonyl (C=O) groups is 1. The molecule has 19 heavy (non-hydrogen) atoms. The molecule has 0 aromatic heterocycles. The molecule has 1 aromatic carbocycles. The monoisotopic (exact) mass is 258 g/mol. The Hall–Kier alpha value is -1.55. The third kappa shape index (κ3) is 1.46. The minimum absolute atomic E-state index is 0.189. The molecule has 3 aliphatic heterocycles. The van der Waals surface area contributed by atoms with E-state index in [1.165, 1.54) is 5.56 Å². The lowest BCUT2D eigenvalue weighted by Gasteiger charge is -2.27. The summed E-state index contributed by atoms with van der Waals surface area (Å²) in [6.07, 6.45) is 3.10. The number of piperidine rings is 1. The molecular formula is C15H18N2O2. The van der Waals surface area contributed by atoms with Crippen molar-refractivity contribution in [1.29, 1.82) is 0 Å². The van der Waals surface area contributed by atoms with Gasteiger partial charge in [-0.25, -0.2) is 0 Å². The lowest BCUT2D eigenvalue weighted by Crippen LogP contribution is -2.46. The van der Waals surface area contributed by atoms with Crippen molar-refractivity contribution in [2.75, 3.05) is 18.6 Å². The van der Waals surface area contributed by atoms with E-state index in [0.29, 0.717) is 18.0 Å². The lowest BCUT2D eigenvalue weighted by atomic mass is 9.88. The Morgan fingerprint density at radius 1 is 1.42 bits per heavy atom. The van der Waals surface area contributed by atoms with Gasteiger partial charge in [0.1, 0.15) is 5.75 Å². The van der Waals surface area contributed by atoms with E-state index >= 15 is 0 Å². The minimum atomic E-state index is 0.189. The predicted molar refractivity (Wildman–Crippen MR) is 72.5 cm³/mol. The van der Waals surface area contributed by atoms with Crippen molar-refractivity contribution in [1.82, 2.24) is 5.32 Å². The molecule has 2 fully saturated rings. The van der Waals surface area contributed by atoms with Crippen molar-refractivity contribution in [3.8, 4) is 5.75 Å². The highest BCUT2D eigenvalue weighted by atomic mass is 16.5. The SMILES string of the molecule is COc1ccc2c(c1)CC1C3NCCCC3C(=O)N21. The number of nitrogens with one attached hydrogen (secondary N) is 1. The average molecular weight is 258 g/mol. The Balaban J connectivity index is 1.74. The van der Waals surface area contributed by atoms with E-state index < -0.39 is 0 Å². The van der Waals surface area contributed by atoms with Crippen LogP contribution in [0.5, 0.6) is 5.75 Å². The first kappa shape index (κ1) is 11.3. The Morgan fingerprint density at radius 2 is 2.32 bits per heavy atom. The standard InChI is InChI=1S/C15H18N2O2/c1-19-10-4-5-12-9(7-10)8-13-14-11(3-2-6-16-14)15(18)17(12)13/h4-5,7,11,13-14,16H,2-3,6,8H2,1H3. The molecule has 1 N–H and O–H groups in total. The quantitative estimate of drug-likeness (QED) is 0.826. The average Bonchev–Trinajstić information content (AvgIpc) is 2.95. The van der Waals surface area contributed by atoms with Crippen LogP contribution >= 0.6 is 0 Å². The third-order valence-electron chi connectivity index (χ3n) is 4.78. The summed E-state index contributed by atoms with van der Waals surface area (Å²) in [4.78, 5) is 14.6. The maximum Gasteiger partial charge on any atom is 0.232 e. The molecule has 1 amide bonds. The fourth-order valence-corrected chi connectivity index (χ4v) is 3.92. The largest absolute Gasteiger partial charge is 0.497 e. The second-order valence-corrected chi connectivity index (χ2v) is 5.70. The summed E-state index contributed by atoms with van der Waals surface area (Å²) in [5, 5.41) is 3.55. The number of ether oxygens (including phenoxy) is 1. The molecule has 2 saturated heterocycles. The Morgan fingerprint density at radius 3 is 3.16 bits per heavy atom. The van der Waals surface area contributed by atoms with E-state index in [9.17, 15) is 4.79 Å². The topological polar surface area (TPSA) is 41.6 Å². The van der Waals surface area contributed by atoms with Crippen LogP contribution < -0.4 is 15.0 Å². The number of hydrogen-bond acceptors (Lipinski definition) is 3. The fourth-order valence-electron chi connectivity index (χ4n) is 3.92. The molecule has 3 aliphatic rings. The third-order valence-corrected chi connectivity index (χ3v) is 4.78. The highest BCUT2D eigenvalue weighted by Gasteiger charge is 2.52. The molecule has 4 heteroatoms. The van der Waals surface area contributed by atoms with Crippen molar-refractivity contribution in [2.45, 2.75) is 31.3 Å². The van der Waals surface area contributed by atoms with Crippen LogP contribution in [0.3, 0.4) is 0 Å². The van der Waals surface area contributed by atoms with Gasteiger partial charge in [-0.3, -0.25) is 4.79 Å². The molecule has 0 bridgehead atoms. The molecule has 0 saturated carbocycles. The first-order chi connectivity index (χ1) is 9.29. The Kier molecular flexibility index (Phi) is 2.36. The van der Waals surface area contributed by atoms with Crippen molar-refractivity contribution in [3.63, 3.8) is 0 Å². The van der Waals surface area contributed by atoms with Crippen LogP contribution in [-0.4, -0.2) is 31.6 Å². The number of anilines is 1. The van der Waals surface area contributed by atoms with Gasteiger partial charge in [0, 0.05) is 11.7 Å². The summed E-state index contributed by atoms with van der Waals surface area (Å²) in [5.41, 5.74) is 2.33. The smallest absolute Gasteiger partial charge is 0.232 e. The van der Waals surface area contributed by atoms with E-state index in [2.05, 4.69) is 11.4 Å². The van der Waals surface area contributed by atoms with Gasteiger partial charge in [-0.15, -0.1) is 0 Å². The molecule has 100 valence electrons. The second-order valence-electron chi connectivity index (χ2n) is 5.70. The van der Waals surface area contributed by atoms with E-state index in [-0.39, 0.29) is 5.92 Å². The van der Waals surface area contributed by atoms with E-state index in [1.54, 1.807) is 7.11 Å². The first-order valence-corrected chi connectivity index (χ1v) is 7.03. The van der Waals surface area contributed by atoms with E-state index in [0.717, 1.165) is 37.2 Å². The van der Waals surface area contributed by atoms with Crippen LogP contribution in [-0.2, 0) is 11.2 Å². The summed E-state index contributed by atoms with van der Waals surface area (Å²) in [6, 6.07) is 6.69. The normalized spacial score (nSPS) is 31.9. The van der Waals surface area contributed by atoms with Gasteiger partial charge in [0.15, 0.2) is 0 Å². The Labute approximate surface area is 112 Å². The zero-order chi connectivity index (χ0) is 13.0. The summed E-state index contributed by atoms with van der Waals surface area (Å²) in [5.74, 6) is 1.38. The first-order valence-electron chi connectivity index (χ1n) is 7.03. The van der Waals surface area contributed by atoms with Crippen molar-refractivity contribution >= 4 is 11.6 Å². The number of fused-ring (bicyclic) bond motifs is 5. The highest BCUT2D eigenvalue weighted by molar-refractivity contribution is 6.01. The van der Waals surface area contributed by atoms with Gasteiger partial charge in [0.25, 0.3) is 0 Å². The maximum absolute atomic E-state index is 12.6. The molecule has 0 spiro atoms. The number of carbonyl (C=O) groups excluding carboxylic acids is 1. The molecule has 3 unspecified atom stereocenters. The van der Waals surface area contributed by atoms with Gasteiger partial charge >= 0.3 is 0 Å². The van der Waals surface area contributed by atoms with E-state index in [4.69, 9.17) is 4.74 Å². The number of amides is 1. The number of methoxy groups -OCH3 is 1. The van der Waals surface area contributed by atoms with Gasteiger partial charge in [-0.05, 0) is 49.6 Å². The van der Waals surface area contributed by atoms with Crippen LogP contribution in [0.15, 0.2) is 18.2 Å². The fraction of sp³-hybridized carbons (Fsp3) is 0.533. The summed E-state index contributed by atoms with van der Waals surface area (Å²) >= 11 is 0. The molecular weight excluding hydrogens is 240 g/mol. The van der Waals surface area contributed by atoms with E-state index in [1.807, 2.05) is 17.0 Å². The van der Waals surface area contributed by atoms with Crippen LogP contribution in [0.1, 0.15) is 18.4 Å². The summed E-state index contributed by atoms with van der Waals surface area (Å²) in [7, 11) is 1.68. The molecule has 0 aliphatic carbocycles. The predicted octanol–water partition coefficient (Wildman–Crippen LogP) is 1.33. The van der Waals surface area contributed by atoms with Crippen molar-refractivity contribution in [2.24, 2.45) is 5.92 Å². The van der Waals surface area contributed by atoms with Gasteiger partial charge in [-0.1, -0.05) is 0 Å².